The van der Waals surface area contributed by atoms with Gasteiger partial charge in [-0.05, 0) is 78.8 Å². The highest BCUT2D eigenvalue weighted by Gasteiger charge is 2.17. The van der Waals surface area contributed by atoms with E-state index in [4.69, 9.17) is 4.42 Å². The summed E-state index contributed by atoms with van der Waals surface area (Å²) in [5, 5.41) is 9.88. The second kappa shape index (κ2) is 7.81. The fourth-order valence-corrected chi connectivity index (χ4v) is 5.98. The van der Waals surface area contributed by atoms with E-state index >= 15 is 0 Å². The molecule has 0 unspecified atom stereocenters. The Kier molecular flexibility index (Phi) is 4.29. The van der Waals surface area contributed by atoms with E-state index in [1.165, 1.54) is 54.6 Å². The molecule has 1 heterocycles. The Morgan fingerprint density at radius 1 is 0.324 bits per heavy atom. The van der Waals surface area contributed by atoms with Gasteiger partial charge in [0.15, 0.2) is 0 Å². The molecular formula is C36H22O. The number of hydrogen-bond acceptors (Lipinski definition) is 1. The summed E-state index contributed by atoms with van der Waals surface area (Å²) < 4.78 is 6.13. The second-order valence-corrected chi connectivity index (χ2v) is 9.71. The molecule has 0 aliphatic heterocycles. The normalized spacial score (nSPS) is 11.8. The van der Waals surface area contributed by atoms with Gasteiger partial charge in [-0.25, -0.2) is 0 Å². The Balaban J connectivity index is 1.48. The highest BCUT2D eigenvalue weighted by Crippen LogP contribution is 2.45. The van der Waals surface area contributed by atoms with Crippen molar-refractivity contribution in [3.8, 4) is 22.3 Å². The summed E-state index contributed by atoms with van der Waals surface area (Å²) in [6, 6.07) is 48.0. The lowest BCUT2D eigenvalue weighted by Crippen LogP contribution is -1.91. The molecule has 1 nitrogen and oxygen atoms in total. The smallest absolute Gasteiger partial charge is 0.135 e. The van der Waals surface area contributed by atoms with Crippen molar-refractivity contribution in [2.45, 2.75) is 0 Å². The van der Waals surface area contributed by atoms with Crippen molar-refractivity contribution < 1.29 is 4.42 Å². The maximum Gasteiger partial charge on any atom is 0.135 e. The molecule has 0 N–H and O–H groups in total. The summed E-state index contributed by atoms with van der Waals surface area (Å²) in [6.07, 6.45) is 0. The molecule has 8 aromatic rings. The van der Waals surface area contributed by atoms with E-state index in [2.05, 4.69) is 121 Å². The highest BCUT2D eigenvalue weighted by atomic mass is 16.3. The molecule has 37 heavy (non-hydrogen) atoms. The Hall–Kier alpha value is -4.88. The zero-order valence-electron chi connectivity index (χ0n) is 20.1. The van der Waals surface area contributed by atoms with Crippen molar-refractivity contribution in [2.75, 3.05) is 0 Å². The molecule has 8 rings (SSSR count). The van der Waals surface area contributed by atoms with Crippen LogP contribution >= 0.6 is 0 Å². The summed E-state index contributed by atoms with van der Waals surface area (Å²) in [5.41, 5.74) is 6.85. The summed E-state index contributed by atoms with van der Waals surface area (Å²) in [6.45, 7) is 0. The minimum Gasteiger partial charge on any atom is -0.456 e. The highest BCUT2D eigenvalue weighted by molar-refractivity contribution is 6.22. The number of rotatable bonds is 2. The molecule has 0 saturated carbocycles. The van der Waals surface area contributed by atoms with Gasteiger partial charge in [0.1, 0.15) is 11.2 Å². The average Bonchev–Trinajstić information content (AvgIpc) is 3.33. The van der Waals surface area contributed by atoms with Gasteiger partial charge in [-0.15, -0.1) is 0 Å². The van der Waals surface area contributed by atoms with Crippen LogP contribution in [0.25, 0.3) is 76.5 Å². The molecule has 0 spiro atoms. The molecule has 0 aliphatic carbocycles. The van der Waals surface area contributed by atoms with Crippen LogP contribution in [0.3, 0.4) is 0 Å². The third-order valence-electron chi connectivity index (χ3n) is 7.64. The molecular weight excluding hydrogens is 448 g/mol. The number of hydrogen-bond donors (Lipinski definition) is 0. The molecule has 1 aromatic heterocycles. The van der Waals surface area contributed by atoms with Crippen molar-refractivity contribution in [1.82, 2.24) is 0 Å². The van der Waals surface area contributed by atoms with Gasteiger partial charge in [-0.3, -0.25) is 0 Å². The zero-order valence-corrected chi connectivity index (χ0v) is 20.1. The van der Waals surface area contributed by atoms with Crippen LogP contribution in [-0.2, 0) is 0 Å². The van der Waals surface area contributed by atoms with Gasteiger partial charge in [0.25, 0.3) is 0 Å². The third kappa shape index (κ3) is 3.04. The number of fused-ring (bicyclic) bond motifs is 6. The minimum atomic E-state index is 0.923. The summed E-state index contributed by atoms with van der Waals surface area (Å²) in [7, 11) is 0. The maximum atomic E-state index is 6.13. The third-order valence-corrected chi connectivity index (χ3v) is 7.64. The predicted octanol–water partition coefficient (Wildman–Crippen LogP) is 10.4. The van der Waals surface area contributed by atoms with Crippen LogP contribution in [0.5, 0.6) is 0 Å². The van der Waals surface area contributed by atoms with Crippen LogP contribution < -0.4 is 0 Å². The molecule has 0 aliphatic rings. The van der Waals surface area contributed by atoms with Crippen LogP contribution in [0, 0.1) is 0 Å². The average molecular weight is 471 g/mol. The lowest BCUT2D eigenvalue weighted by atomic mass is 9.85. The Morgan fingerprint density at radius 3 is 1.49 bits per heavy atom. The van der Waals surface area contributed by atoms with E-state index in [0.29, 0.717) is 0 Å². The van der Waals surface area contributed by atoms with Crippen LogP contribution in [0.4, 0.5) is 0 Å². The topological polar surface area (TPSA) is 13.1 Å². The monoisotopic (exact) mass is 470 g/mol. The van der Waals surface area contributed by atoms with Crippen LogP contribution in [0.1, 0.15) is 0 Å². The molecule has 0 atom stereocenters. The van der Waals surface area contributed by atoms with Crippen molar-refractivity contribution in [1.29, 1.82) is 0 Å². The lowest BCUT2D eigenvalue weighted by molar-refractivity contribution is 0.669. The van der Waals surface area contributed by atoms with Gasteiger partial charge >= 0.3 is 0 Å². The molecule has 0 fully saturated rings. The predicted molar refractivity (Wildman–Crippen MR) is 157 cm³/mol. The van der Waals surface area contributed by atoms with E-state index in [-0.39, 0.29) is 0 Å². The van der Waals surface area contributed by atoms with E-state index in [1.54, 1.807) is 0 Å². The fraction of sp³-hybridized carbons (Fsp3) is 0. The van der Waals surface area contributed by atoms with Gasteiger partial charge in [0.05, 0.1) is 0 Å². The van der Waals surface area contributed by atoms with Crippen molar-refractivity contribution in [2.24, 2.45) is 0 Å². The van der Waals surface area contributed by atoms with Gasteiger partial charge in [-0.2, -0.15) is 0 Å². The van der Waals surface area contributed by atoms with Gasteiger partial charge < -0.3 is 4.42 Å². The first-order valence-corrected chi connectivity index (χ1v) is 12.7. The van der Waals surface area contributed by atoms with Crippen molar-refractivity contribution >= 4 is 54.3 Å². The van der Waals surface area contributed by atoms with Crippen LogP contribution in [-0.4, -0.2) is 0 Å². The number of furan rings is 1. The van der Waals surface area contributed by atoms with Gasteiger partial charge in [0, 0.05) is 10.8 Å². The first-order chi connectivity index (χ1) is 18.3. The van der Waals surface area contributed by atoms with Crippen molar-refractivity contribution in [3.05, 3.63) is 133 Å². The van der Waals surface area contributed by atoms with Gasteiger partial charge in [0.2, 0.25) is 0 Å². The summed E-state index contributed by atoms with van der Waals surface area (Å²) in [5.74, 6) is 0. The fourth-order valence-electron chi connectivity index (χ4n) is 5.98. The molecule has 0 radical (unpaired) electrons. The van der Waals surface area contributed by atoms with E-state index in [0.717, 1.165) is 21.9 Å². The number of benzene rings is 7. The Labute approximate surface area is 214 Å². The zero-order chi connectivity index (χ0) is 24.3. The standard InChI is InChI=1S/C36H22O/c1-2-10-24-21-25(18-17-23(24)9-1)35-28-12-3-5-14-30(28)36(31-15-6-4-13-29(31)35)26-19-20-34-32(22-26)27-11-7-8-16-33(27)37-34/h1-22H. The van der Waals surface area contributed by atoms with E-state index in [1.807, 2.05) is 12.1 Å². The van der Waals surface area contributed by atoms with E-state index in [9.17, 15) is 0 Å². The van der Waals surface area contributed by atoms with Crippen molar-refractivity contribution in [3.63, 3.8) is 0 Å². The molecule has 172 valence electrons. The molecule has 1 heteroatoms. The SMILES string of the molecule is c1ccc2cc(-c3c4ccccc4c(-c4ccc5oc6ccccc6c5c4)c4ccccc34)ccc2c1. The summed E-state index contributed by atoms with van der Waals surface area (Å²) in [4.78, 5) is 0. The first-order valence-electron chi connectivity index (χ1n) is 12.7. The molecule has 0 amide bonds. The maximum absolute atomic E-state index is 6.13. The second-order valence-electron chi connectivity index (χ2n) is 9.71. The lowest BCUT2D eigenvalue weighted by Gasteiger charge is -2.18. The first kappa shape index (κ1) is 20.3. The van der Waals surface area contributed by atoms with E-state index < -0.39 is 0 Å². The summed E-state index contributed by atoms with van der Waals surface area (Å²) >= 11 is 0. The van der Waals surface area contributed by atoms with Gasteiger partial charge in [-0.1, -0.05) is 109 Å². The number of para-hydroxylation sites is 1. The quantitative estimate of drug-likeness (QED) is 0.229. The van der Waals surface area contributed by atoms with Crippen LogP contribution in [0.2, 0.25) is 0 Å². The Morgan fingerprint density at radius 2 is 0.811 bits per heavy atom. The Bertz CT molecular complexity index is 2090. The minimum absolute atomic E-state index is 0.923. The molecule has 0 bridgehead atoms. The molecule has 0 saturated heterocycles. The largest absolute Gasteiger partial charge is 0.456 e. The molecule has 7 aromatic carbocycles. The van der Waals surface area contributed by atoms with Crippen LogP contribution in [0.15, 0.2) is 138 Å².